The number of amides is 9. The number of aliphatic hydroxyl groups is 1. The Kier molecular flexibility index (Phi) is 20.2. The van der Waals surface area contributed by atoms with Gasteiger partial charge in [0, 0.05) is 75.2 Å². The van der Waals surface area contributed by atoms with E-state index < -0.39 is 126 Å². The van der Waals surface area contributed by atoms with E-state index in [1.54, 1.807) is 37.6 Å². The third-order valence-electron chi connectivity index (χ3n) is 11.8. The van der Waals surface area contributed by atoms with Crippen LogP contribution in [0.2, 0.25) is 0 Å². The first-order valence-corrected chi connectivity index (χ1v) is 23.2. The third kappa shape index (κ3) is 15.7. The van der Waals surface area contributed by atoms with Crippen LogP contribution in [0.4, 0.5) is 8.78 Å². The summed E-state index contributed by atoms with van der Waals surface area (Å²) in [5, 5.41) is 20.4. The molecule has 4 rings (SSSR count). The number of ketones is 1. The van der Waals surface area contributed by atoms with Gasteiger partial charge in [0.2, 0.25) is 41.4 Å². The quantitative estimate of drug-likeness (QED) is 0.0521. The van der Waals surface area contributed by atoms with E-state index >= 15 is 4.39 Å². The van der Waals surface area contributed by atoms with Gasteiger partial charge in [-0.3, -0.25) is 52.8 Å². The number of nitrogens with two attached hydrogens (primary N) is 1. The van der Waals surface area contributed by atoms with Gasteiger partial charge in [-0.2, -0.15) is 0 Å². The van der Waals surface area contributed by atoms with Gasteiger partial charge in [0.25, 0.3) is 11.8 Å². The van der Waals surface area contributed by atoms with Crippen molar-refractivity contribution in [1.82, 2.24) is 40.5 Å². The fourth-order valence-corrected chi connectivity index (χ4v) is 8.11. The molecule has 3 aromatic rings. The molecular formula is C50H63F2N9O11. The number of likely N-dealkylation sites (N-methyl/N-ethyl adjacent to an activating group) is 1. The van der Waals surface area contributed by atoms with Crippen molar-refractivity contribution in [2.24, 2.45) is 11.1 Å². The van der Waals surface area contributed by atoms with Crippen molar-refractivity contribution in [3.05, 3.63) is 95.8 Å². The van der Waals surface area contributed by atoms with Crippen LogP contribution in [-0.2, 0) is 54.5 Å². The molecule has 0 unspecified atom stereocenters. The van der Waals surface area contributed by atoms with Crippen LogP contribution in [0.3, 0.4) is 0 Å². The first kappa shape index (κ1) is 57.0. The SMILES string of the molecule is CC(=O)N[C@@H](C)C(=O)N(C)[C@@H](C)C(=O)N[C@@H](CC(N)=O)C(=O)N[C@@H](CCN(C(=O)CO)[C@@H](c1cc(-c2cc(F)ccc2F)cn1Cc1ccccc1)C(C)(C)C)C(=O)NCCCC(=O)CN1C(=O)C=CC1=O. The molecule has 2 aromatic carbocycles. The Bertz CT molecular complexity index is 2540. The highest BCUT2D eigenvalue weighted by atomic mass is 19.1. The first-order chi connectivity index (χ1) is 33.8. The summed E-state index contributed by atoms with van der Waals surface area (Å²) in [6.45, 7) is 7.55. The Morgan fingerprint density at radius 2 is 1.49 bits per heavy atom. The number of rotatable bonds is 25. The third-order valence-corrected chi connectivity index (χ3v) is 11.8. The minimum atomic E-state index is -1.72. The van der Waals surface area contributed by atoms with E-state index in [4.69, 9.17) is 5.73 Å². The lowest BCUT2D eigenvalue weighted by Gasteiger charge is -2.41. The average Bonchev–Trinajstić information content (AvgIpc) is 3.87. The Hall–Kier alpha value is -7.62. The highest BCUT2D eigenvalue weighted by molar-refractivity contribution is 6.14. The van der Waals surface area contributed by atoms with Crippen molar-refractivity contribution >= 4 is 58.9 Å². The second-order valence-corrected chi connectivity index (χ2v) is 18.6. The maximum atomic E-state index is 15.4. The van der Waals surface area contributed by atoms with E-state index in [1.807, 2.05) is 30.3 Å². The number of carbonyl (C=O) groups is 10. The van der Waals surface area contributed by atoms with Crippen molar-refractivity contribution in [2.45, 2.75) is 104 Å². The summed E-state index contributed by atoms with van der Waals surface area (Å²) >= 11 is 0. The molecule has 2 heterocycles. The monoisotopic (exact) mass is 1000 g/mol. The number of primary amides is 1. The molecule has 72 heavy (non-hydrogen) atoms. The normalized spacial score (nSPS) is 14.4. The van der Waals surface area contributed by atoms with Crippen molar-refractivity contribution in [3.63, 3.8) is 0 Å². The molecule has 0 saturated heterocycles. The molecular weight excluding hydrogens is 941 g/mol. The van der Waals surface area contributed by atoms with Crippen molar-refractivity contribution in [3.8, 4) is 11.1 Å². The van der Waals surface area contributed by atoms with Gasteiger partial charge in [0.1, 0.15) is 42.4 Å². The topological polar surface area (TPSA) is 280 Å². The molecule has 20 nitrogen and oxygen atoms in total. The van der Waals surface area contributed by atoms with Gasteiger partial charge in [-0.15, -0.1) is 0 Å². The lowest BCUT2D eigenvalue weighted by atomic mass is 9.82. The molecule has 0 spiro atoms. The van der Waals surface area contributed by atoms with Crippen LogP contribution in [-0.4, -0.2) is 141 Å². The number of nitrogens with one attached hydrogen (secondary N) is 4. The lowest BCUT2D eigenvalue weighted by molar-refractivity contribution is -0.142. The molecule has 0 bridgehead atoms. The molecule has 1 aromatic heterocycles. The first-order valence-electron chi connectivity index (χ1n) is 23.2. The summed E-state index contributed by atoms with van der Waals surface area (Å²) < 4.78 is 31.7. The van der Waals surface area contributed by atoms with Crippen LogP contribution in [0.1, 0.15) is 84.5 Å². The minimum Gasteiger partial charge on any atom is -0.387 e. The van der Waals surface area contributed by atoms with Gasteiger partial charge in [-0.25, -0.2) is 8.78 Å². The summed E-state index contributed by atoms with van der Waals surface area (Å²) in [7, 11) is 1.29. The maximum Gasteiger partial charge on any atom is 0.254 e. The minimum absolute atomic E-state index is 0.0216. The van der Waals surface area contributed by atoms with Crippen LogP contribution < -0.4 is 27.0 Å². The van der Waals surface area contributed by atoms with E-state index in [2.05, 4.69) is 21.3 Å². The highest BCUT2D eigenvalue weighted by Crippen LogP contribution is 2.41. The van der Waals surface area contributed by atoms with Crippen LogP contribution >= 0.6 is 0 Å². The number of imide groups is 1. The molecule has 0 aliphatic carbocycles. The number of Topliss-reactive ketones (excluding diaryl/α,β-unsaturated/α-hetero) is 1. The van der Waals surface area contributed by atoms with Crippen molar-refractivity contribution in [1.29, 1.82) is 0 Å². The molecule has 0 fully saturated rings. The molecule has 1 aliphatic heterocycles. The number of halogens is 2. The number of nitrogens with zero attached hydrogens (tertiary/aromatic N) is 4. The van der Waals surface area contributed by atoms with E-state index in [1.165, 1.54) is 32.7 Å². The Morgan fingerprint density at radius 3 is 2.08 bits per heavy atom. The zero-order valence-electron chi connectivity index (χ0n) is 41.3. The average molecular weight is 1000 g/mol. The van der Waals surface area contributed by atoms with Crippen LogP contribution in [0.25, 0.3) is 11.1 Å². The molecule has 7 N–H and O–H groups in total. The Balaban J connectivity index is 1.70. The zero-order chi connectivity index (χ0) is 53.6. The van der Waals surface area contributed by atoms with E-state index in [0.717, 1.165) is 45.7 Å². The summed E-state index contributed by atoms with van der Waals surface area (Å²) in [5.41, 5.74) is 6.08. The van der Waals surface area contributed by atoms with E-state index in [-0.39, 0.29) is 50.0 Å². The highest BCUT2D eigenvalue weighted by Gasteiger charge is 2.39. The number of carbonyl (C=O) groups excluding carboxylic acids is 10. The number of hydrogen-bond donors (Lipinski definition) is 6. The van der Waals surface area contributed by atoms with Gasteiger partial charge >= 0.3 is 0 Å². The number of aliphatic hydroxyl groups excluding tert-OH is 1. The molecule has 9 amide bonds. The Labute approximate surface area is 415 Å². The van der Waals surface area contributed by atoms with Crippen LogP contribution in [0.5, 0.6) is 0 Å². The fraction of sp³-hybridized carbons (Fsp3) is 0.440. The summed E-state index contributed by atoms with van der Waals surface area (Å²) in [4.78, 5) is 132. The molecule has 22 heteroatoms. The zero-order valence-corrected chi connectivity index (χ0v) is 41.3. The molecule has 0 radical (unpaired) electrons. The number of aromatic nitrogens is 1. The summed E-state index contributed by atoms with van der Waals surface area (Å²) in [6, 6.07) is 7.26. The van der Waals surface area contributed by atoms with E-state index in [0.29, 0.717) is 5.69 Å². The largest absolute Gasteiger partial charge is 0.387 e. The standard InChI is InChI=1S/C50H63F2N9O11/c1-29(55-31(3)63)49(72)58(7)30(2)46(69)57-39(24-41(53)65)48(71)56-38(47(70)54-20-11-14-35(64)27-61-42(66)17-18-43(61)67)19-21-60(44(68)28-62)45(50(4,5)6)40-22-33(36-23-34(51)15-16-37(36)52)26-59(40)25-32-12-9-8-10-13-32/h8-10,12-13,15-18,22-23,26,29-30,38-39,45,62H,11,14,19-21,24-25,27-28H2,1-7H3,(H2,53,65)(H,54,70)(H,55,63)(H,56,71)(H,57,69)/t29-,30-,38-,39-,45-/m0/s1. The van der Waals surface area contributed by atoms with Gasteiger partial charge < -0.3 is 46.5 Å². The second kappa shape index (κ2) is 25.5. The molecule has 388 valence electrons. The second-order valence-electron chi connectivity index (χ2n) is 18.6. The fourth-order valence-electron chi connectivity index (χ4n) is 8.11. The van der Waals surface area contributed by atoms with Gasteiger partial charge in [0.15, 0.2) is 5.78 Å². The smallest absolute Gasteiger partial charge is 0.254 e. The summed E-state index contributed by atoms with van der Waals surface area (Å²) in [5.74, 6) is -9.02. The van der Waals surface area contributed by atoms with Crippen molar-refractivity contribution < 1.29 is 61.8 Å². The van der Waals surface area contributed by atoms with Crippen LogP contribution in [0, 0.1) is 17.0 Å². The molecule has 0 saturated carbocycles. The number of hydrogen-bond acceptors (Lipinski definition) is 11. The summed E-state index contributed by atoms with van der Waals surface area (Å²) in [6.07, 6.45) is 2.39. The van der Waals surface area contributed by atoms with Gasteiger partial charge in [-0.1, -0.05) is 51.1 Å². The Morgan fingerprint density at radius 1 is 0.847 bits per heavy atom. The maximum absolute atomic E-state index is 15.4. The van der Waals surface area contributed by atoms with Crippen molar-refractivity contribution in [2.75, 3.05) is 33.3 Å². The molecule has 1 aliphatic rings. The van der Waals surface area contributed by atoms with Gasteiger partial charge in [0.05, 0.1) is 19.0 Å². The number of benzene rings is 2. The lowest BCUT2D eigenvalue weighted by Crippen LogP contribution is -2.58. The molecule has 5 atom stereocenters. The predicted molar refractivity (Wildman–Crippen MR) is 257 cm³/mol. The van der Waals surface area contributed by atoms with E-state index in [9.17, 15) is 57.4 Å². The van der Waals surface area contributed by atoms with Gasteiger partial charge in [-0.05, 0) is 61.9 Å². The van der Waals surface area contributed by atoms with Crippen LogP contribution in [0.15, 0.2) is 72.9 Å². The predicted octanol–water partition coefficient (Wildman–Crippen LogP) is 1.39.